The van der Waals surface area contributed by atoms with Crippen LogP contribution in [0.1, 0.15) is 29.7 Å². The van der Waals surface area contributed by atoms with Gasteiger partial charge in [0, 0.05) is 18.8 Å². The normalized spacial score (nSPS) is 19.8. The fourth-order valence-electron chi connectivity index (χ4n) is 2.88. The van der Waals surface area contributed by atoms with Gasteiger partial charge in [0.1, 0.15) is 5.82 Å². The second-order valence-electron chi connectivity index (χ2n) is 5.26. The zero-order valence-corrected chi connectivity index (χ0v) is 11.5. The van der Waals surface area contributed by atoms with Gasteiger partial charge in [-0.25, -0.2) is 4.98 Å². The molecule has 0 amide bonds. The third-order valence-corrected chi connectivity index (χ3v) is 3.98. The van der Waals surface area contributed by atoms with E-state index >= 15 is 0 Å². The number of aromatic nitrogens is 1. The van der Waals surface area contributed by atoms with E-state index in [1.807, 2.05) is 6.07 Å². The van der Waals surface area contributed by atoms with Gasteiger partial charge in [-0.2, -0.15) is 0 Å². The Hall–Kier alpha value is -1.82. The number of hydrogen-bond acceptors (Lipinski definition) is 5. The molecule has 6 heteroatoms. The van der Waals surface area contributed by atoms with Crippen LogP contribution in [0.2, 0.25) is 0 Å². The third kappa shape index (κ3) is 2.43. The molecular weight excluding hydrogens is 256 g/mol. The fraction of sp³-hybridized carbons (Fsp3) is 0.571. The SMILES string of the molecule is NC(=NO)c1cc2c(nc1N1CCOCC1)CCCC2. The van der Waals surface area contributed by atoms with E-state index in [4.69, 9.17) is 20.7 Å². The molecule has 1 fully saturated rings. The van der Waals surface area contributed by atoms with Crippen LogP contribution in [0.3, 0.4) is 0 Å². The van der Waals surface area contributed by atoms with Crippen LogP contribution in [0.4, 0.5) is 5.82 Å². The monoisotopic (exact) mass is 276 g/mol. The van der Waals surface area contributed by atoms with E-state index in [0.717, 1.165) is 43.0 Å². The highest BCUT2D eigenvalue weighted by Gasteiger charge is 2.22. The maximum atomic E-state index is 9.01. The van der Waals surface area contributed by atoms with Gasteiger partial charge in [-0.15, -0.1) is 0 Å². The second-order valence-corrected chi connectivity index (χ2v) is 5.26. The minimum absolute atomic E-state index is 0.132. The van der Waals surface area contributed by atoms with Crippen LogP contribution in [0.25, 0.3) is 0 Å². The smallest absolute Gasteiger partial charge is 0.173 e. The van der Waals surface area contributed by atoms with E-state index in [9.17, 15) is 0 Å². The van der Waals surface area contributed by atoms with Crippen molar-refractivity contribution in [2.75, 3.05) is 31.2 Å². The summed E-state index contributed by atoms with van der Waals surface area (Å²) in [6.45, 7) is 2.96. The molecule has 1 aliphatic heterocycles. The summed E-state index contributed by atoms with van der Waals surface area (Å²) >= 11 is 0. The number of hydrogen-bond donors (Lipinski definition) is 2. The lowest BCUT2D eigenvalue weighted by molar-refractivity contribution is 0.122. The molecule has 3 N–H and O–H groups in total. The van der Waals surface area contributed by atoms with Gasteiger partial charge in [0.15, 0.2) is 5.84 Å². The highest BCUT2D eigenvalue weighted by atomic mass is 16.5. The van der Waals surface area contributed by atoms with Crippen LogP contribution < -0.4 is 10.6 Å². The van der Waals surface area contributed by atoms with Crippen molar-refractivity contribution in [2.45, 2.75) is 25.7 Å². The van der Waals surface area contributed by atoms with E-state index in [2.05, 4.69) is 10.1 Å². The molecule has 1 aromatic heterocycles. The number of nitrogens with zero attached hydrogens (tertiary/aromatic N) is 3. The van der Waals surface area contributed by atoms with Crippen molar-refractivity contribution in [2.24, 2.45) is 10.9 Å². The van der Waals surface area contributed by atoms with Gasteiger partial charge >= 0.3 is 0 Å². The number of rotatable bonds is 2. The van der Waals surface area contributed by atoms with Crippen LogP contribution in [-0.4, -0.2) is 42.3 Å². The van der Waals surface area contributed by atoms with Crippen molar-refractivity contribution in [3.8, 4) is 0 Å². The van der Waals surface area contributed by atoms with Crippen molar-refractivity contribution in [3.63, 3.8) is 0 Å². The van der Waals surface area contributed by atoms with Crippen molar-refractivity contribution in [1.82, 2.24) is 4.98 Å². The molecule has 0 aromatic carbocycles. The first-order valence-electron chi connectivity index (χ1n) is 7.13. The van der Waals surface area contributed by atoms with Crippen molar-refractivity contribution >= 4 is 11.7 Å². The molecule has 0 unspecified atom stereocenters. The van der Waals surface area contributed by atoms with E-state index in [0.29, 0.717) is 13.2 Å². The molecule has 1 aliphatic carbocycles. The van der Waals surface area contributed by atoms with Gasteiger partial charge in [0.25, 0.3) is 0 Å². The Morgan fingerprint density at radius 2 is 2.05 bits per heavy atom. The molecule has 1 saturated heterocycles. The maximum Gasteiger partial charge on any atom is 0.173 e. The summed E-state index contributed by atoms with van der Waals surface area (Å²) in [5.41, 5.74) is 8.96. The van der Waals surface area contributed by atoms with Crippen LogP contribution in [0, 0.1) is 0 Å². The van der Waals surface area contributed by atoms with E-state index in [-0.39, 0.29) is 5.84 Å². The largest absolute Gasteiger partial charge is 0.409 e. The van der Waals surface area contributed by atoms with Crippen molar-refractivity contribution in [1.29, 1.82) is 0 Å². The lowest BCUT2D eigenvalue weighted by Gasteiger charge is -2.30. The van der Waals surface area contributed by atoms with Crippen molar-refractivity contribution in [3.05, 3.63) is 22.9 Å². The summed E-state index contributed by atoms with van der Waals surface area (Å²) in [6.07, 6.45) is 4.41. The van der Waals surface area contributed by atoms with Gasteiger partial charge in [0.2, 0.25) is 0 Å². The lowest BCUT2D eigenvalue weighted by Crippen LogP contribution is -2.38. The molecule has 2 aliphatic rings. The number of pyridine rings is 1. The van der Waals surface area contributed by atoms with Crippen LogP contribution in [0.15, 0.2) is 11.2 Å². The first-order chi connectivity index (χ1) is 9.79. The molecule has 20 heavy (non-hydrogen) atoms. The van der Waals surface area contributed by atoms with E-state index < -0.39 is 0 Å². The summed E-state index contributed by atoms with van der Waals surface area (Å²) in [5, 5.41) is 12.2. The second kappa shape index (κ2) is 5.66. The van der Waals surface area contributed by atoms with Crippen LogP contribution >= 0.6 is 0 Å². The Morgan fingerprint density at radius 3 is 2.80 bits per heavy atom. The zero-order chi connectivity index (χ0) is 13.9. The molecule has 108 valence electrons. The zero-order valence-electron chi connectivity index (χ0n) is 11.5. The van der Waals surface area contributed by atoms with Crippen LogP contribution in [0.5, 0.6) is 0 Å². The average molecular weight is 276 g/mol. The van der Waals surface area contributed by atoms with Crippen molar-refractivity contribution < 1.29 is 9.94 Å². The number of ether oxygens (including phenoxy) is 1. The molecule has 1 aromatic rings. The van der Waals surface area contributed by atoms with Gasteiger partial charge in [0.05, 0.1) is 18.8 Å². The summed E-state index contributed by atoms with van der Waals surface area (Å²) < 4.78 is 5.38. The molecule has 0 radical (unpaired) electrons. The molecule has 3 rings (SSSR count). The Kier molecular flexibility index (Phi) is 3.73. The topological polar surface area (TPSA) is 84.0 Å². The predicted octanol–water partition coefficient (Wildman–Crippen LogP) is 0.891. The Balaban J connectivity index is 2.04. The molecule has 2 heterocycles. The predicted molar refractivity (Wildman–Crippen MR) is 76.4 cm³/mol. The Bertz CT molecular complexity index is 524. The van der Waals surface area contributed by atoms with E-state index in [1.54, 1.807) is 0 Å². The molecular formula is C14H20N4O2. The summed E-state index contributed by atoms with van der Waals surface area (Å²) in [5.74, 6) is 0.955. The molecule has 0 bridgehead atoms. The number of aryl methyl sites for hydroxylation is 2. The minimum Gasteiger partial charge on any atom is -0.409 e. The number of oxime groups is 1. The summed E-state index contributed by atoms with van der Waals surface area (Å²) in [6, 6.07) is 2.04. The first kappa shape index (κ1) is 13.2. The van der Waals surface area contributed by atoms with E-state index in [1.165, 1.54) is 18.4 Å². The number of morpholine rings is 1. The highest BCUT2D eigenvalue weighted by molar-refractivity contribution is 6.01. The average Bonchev–Trinajstić information content (AvgIpc) is 2.53. The Labute approximate surface area is 118 Å². The Morgan fingerprint density at radius 1 is 1.30 bits per heavy atom. The van der Waals surface area contributed by atoms with Crippen LogP contribution in [-0.2, 0) is 17.6 Å². The lowest BCUT2D eigenvalue weighted by atomic mass is 9.94. The third-order valence-electron chi connectivity index (χ3n) is 3.98. The van der Waals surface area contributed by atoms with Gasteiger partial charge in [-0.05, 0) is 37.3 Å². The number of nitrogens with two attached hydrogens (primary N) is 1. The van der Waals surface area contributed by atoms with Gasteiger partial charge in [-0.3, -0.25) is 0 Å². The summed E-state index contributed by atoms with van der Waals surface area (Å²) in [4.78, 5) is 6.96. The number of anilines is 1. The first-order valence-corrected chi connectivity index (χ1v) is 7.13. The minimum atomic E-state index is 0.132. The summed E-state index contributed by atoms with van der Waals surface area (Å²) in [7, 11) is 0. The number of amidine groups is 1. The number of fused-ring (bicyclic) bond motifs is 1. The standard InChI is InChI=1S/C14H20N4O2/c15-13(17-19)11-9-10-3-1-2-4-12(10)16-14(11)18-5-7-20-8-6-18/h9,19H,1-8H2,(H2,15,17). The molecule has 0 atom stereocenters. The molecule has 0 saturated carbocycles. The van der Waals surface area contributed by atoms with Gasteiger partial charge in [-0.1, -0.05) is 5.16 Å². The molecule has 6 nitrogen and oxygen atoms in total. The molecule has 0 spiro atoms. The highest BCUT2D eigenvalue weighted by Crippen LogP contribution is 2.27. The quantitative estimate of drug-likeness (QED) is 0.363. The fourth-order valence-corrected chi connectivity index (χ4v) is 2.88. The maximum absolute atomic E-state index is 9.01. The van der Waals surface area contributed by atoms with Gasteiger partial charge < -0.3 is 20.6 Å².